The van der Waals surface area contributed by atoms with Gasteiger partial charge in [-0.3, -0.25) is 14.3 Å². The molecule has 2 aliphatic heterocycles. The van der Waals surface area contributed by atoms with Gasteiger partial charge in [0.25, 0.3) is 5.91 Å². The molecule has 1 N–H and O–H groups in total. The SMILES string of the molecule is O=C(c1cnc2c(c1)ncn2-c1ccccc1)N1CCC(N2CC(O)C2)CC1. The zero-order chi connectivity index (χ0) is 19.1. The summed E-state index contributed by atoms with van der Waals surface area (Å²) in [6.07, 6.45) is 5.14. The van der Waals surface area contributed by atoms with Crippen LogP contribution in [0.3, 0.4) is 0 Å². The van der Waals surface area contributed by atoms with E-state index >= 15 is 0 Å². The second-order valence-electron chi connectivity index (χ2n) is 7.65. The molecule has 3 aromatic rings. The van der Waals surface area contributed by atoms with Gasteiger partial charge < -0.3 is 10.0 Å². The molecule has 0 atom stereocenters. The van der Waals surface area contributed by atoms with Crippen LogP contribution >= 0.6 is 0 Å². The van der Waals surface area contributed by atoms with Gasteiger partial charge in [0, 0.05) is 44.1 Å². The second-order valence-corrected chi connectivity index (χ2v) is 7.65. The molecule has 7 heteroatoms. The van der Waals surface area contributed by atoms with Crippen LogP contribution in [0.4, 0.5) is 0 Å². The summed E-state index contributed by atoms with van der Waals surface area (Å²) in [4.78, 5) is 26.1. The summed E-state index contributed by atoms with van der Waals surface area (Å²) in [5, 5.41) is 9.48. The van der Waals surface area contributed by atoms with Crippen molar-refractivity contribution >= 4 is 17.1 Å². The molecule has 2 saturated heterocycles. The third-order valence-electron chi connectivity index (χ3n) is 5.83. The number of piperidine rings is 1. The highest BCUT2D eigenvalue weighted by Gasteiger charge is 2.34. The topological polar surface area (TPSA) is 74.5 Å². The summed E-state index contributed by atoms with van der Waals surface area (Å²) < 4.78 is 1.93. The summed E-state index contributed by atoms with van der Waals surface area (Å²) in [6, 6.07) is 12.2. The first-order valence-electron chi connectivity index (χ1n) is 9.79. The Morgan fingerprint density at radius 1 is 1.07 bits per heavy atom. The Balaban J connectivity index is 1.30. The largest absolute Gasteiger partial charge is 0.390 e. The minimum atomic E-state index is -0.173. The number of β-amino-alcohol motifs (C(OH)–C–C–N with tert-alkyl or cyclic N) is 1. The van der Waals surface area contributed by atoms with Crippen LogP contribution < -0.4 is 0 Å². The summed E-state index contributed by atoms with van der Waals surface area (Å²) in [5.41, 5.74) is 3.05. The van der Waals surface area contributed by atoms with E-state index in [2.05, 4.69) is 14.9 Å². The number of carbonyl (C=O) groups excluding carboxylic acids is 1. The van der Waals surface area contributed by atoms with E-state index in [1.807, 2.05) is 45.9 Å². The third-order valence-corrected chi connectivity index (χ3v) is 5.83. The third kappa shape index (κ3) is 3.06. The molecular weight excluding hydrogens is 354 g/mol. The van der Waals surface area contributed by atoms with Crippen LogP contribution in [0.2, 0.25) is 0 Å². The highest BCUT2D eigenvalue weighted by atomic mass is 16.3. The molecular formula is C21H23N5O2. The number of likely N-dealkylation sites (tertiary alicyclic amines) is 2. The van der Waals surface area contributed by atoms with Crippen LogP contribution in [0.25, 0.3) is 16.9 Å². The highest BCUT2D eigenvalue weighted by Crippen LogP contribution is 2.23. The molecule has 2 aromatic heterocycles. The van der Waals surface area contributed by atoms with Crippen LogP contribution in [0.5, 0.6) is 0 Å². The lowest BCUT2D eigenvalue weighted by atomic mass is 9.98. The number of aliphatic hydroxyl groups excluding tert-OH is 1. The number of benzene rings is 1. The first kappa shape index (κ1) is 17.3. The zero-order valence-electron chi connectivity index (χ0n) is 15.6. The fraction of sp³-hybridized carbons (Fsp3) is 0.381. The van der Waals surface area contributed by atoms with Crippen molar-refractivity contribution in [1.82, 2.24) is 24.3 Å². The van der Waals surface area contributed by atoms with Gasteiger partial charge in [0.2, 0.25) is 0 Å². The van der Waals surface area contributed by atoms with E-state index in [4.69, 9.17) is 0 Å². The van der Waals surface area contributed by atoms with Crippen molar-refractivity contribution in [2.45, 2.75) is 25.0 Å². The van der Waals surface area contributed by atoms with E-state index in [9.17, 15) is 9.90 Å². The van der Waals surface area contributed by atoms with E-state index in [0.717, 1.165) is 55.9 Å². The fourth-order valence-corrected chi connectivity index (χ4v) is 4.20. The molecule has 7 nitrogen and oxygen atoms in total. The number of amides is 1. The lowest BCUT2D eigenvalue weighted by Crippen LogP contribution is -2.58. The number of rotatable bonds is 3. The van der Waals surface area contributed by atoms with Gasteiger partial charge in [-0.05, 0) is 31.0 Å². The van der Waals surface area contributed by atoms with Gasteiger partial charge in [-0.1, -0.05) is 18.2 Å². The predicted octanol–water partition coefficient (Wildman–Crippen LogP) is 1.70. The van der Waals surface area contributed by atoms with Crippen LogP contribution in [0, 0.1) is 0 Å². The lowest BCUT2D eigenvalue weighted by molar-refractivity contribution is -0.0381. The van der Waals surface area contributed by atoms with Crippen molar-refractivity contribution in [1.29, 1.82) is 0 Å². The van der Waals surface area contributed by atoms with Gasteiger partial charge in [-0.2, -0.15) is 0 Å². The zero-order valence-corrected chi connectivity index (χ0v) is 15.6. The van der Waals surface area contributed by atoms with Gasteiger partial charge in [-0.25, -0.2) is 9.97 Å². The maximum Gasteiger partial charge on any atom is 0.255 e. The summed E-state index contributed by atoms with van der Waals surface area (Å²) >= 11 is 0. The second kappa shape index (κ2) is 7.00. The van der Waals surface area contributed by atoms with Crippen molar-refractivity contribution in [2.75, 3.05) is 26.2 Å². The Bertz CT molecular complexity index is 988. The predicted molar refractivity (Wildman–Crippen MR) is 105 cm³/mol. The van der Waals surface area contributed by atoms with Crippen molar-refractivity contribution in [3.05, 3.63) is 54.5 Å². The Labute approximate surface area is 163 Å². The fourth-order valence-electron chi connectivity index (χ4n) is 4.20. The maximum absolute atomic E-state index is 12.9. The van der Waals surface area contributed by atoms with Crippen LogP contribution in [0.1, 0.15) is 23.2 Å². The molecule has 0 radical (unpaired) electrons. The first-order chi connectivity index (χ1) is 13.7. The number of aromatic nitrogens is 3. The molecule has 0 spiro atoms. The molecule has 0 saturated carbocycles. The monoisotopic (exact) mass is 377 g/mol. The van der Waals surface area contributed by atoms with E-state index in [0.29, 0.717) is 11.6 Å². The Hall–Kier alpha value is -2.77. The average Bonchev–Trinajstić information content (AvgIpc) is 3.15. The van der Waals surface area contributed by atoms with E-state index < -0.39 is 0 Å². The average molecular weight is 377 g/mol. The molecule has 2 aliphatic rings. The number of fused-ring (bicyclic) bond motifs is 1. The number of aliphatic hydroxyl groups is 1. The van der Waals surface area contributed by atoms with Crippen molar-refractivity contribution in [2.24, 2.45) is 0 Å². The van der Waals surface area contributed by atoms with E-state index in [-0.39, 0.29) is 12.0 Å². The molecule has 0 unspecified atom stereocenters. The van der Waals surface area contributed by atoms with Gasteiger partial charge >= 0.3 is 0 Å². The maximum atomic E-state index is 12.9. The standard InChI is InChI=1S/C21H23N5O2/c27-18-12-25(13-18)16-6-8-24(9-7-16)21(28)15-10-19-20(22-11-15)26(14-23-19)17-4-2-1-3-5-17/h1-5,10-11,14,16,18,27H,6-9,12-13H2. The van der Waals surface area contributed by atoms with Gasteiger partial charge in [0.05, 0.1) is 11.7 Å². The number of pyridine rings is 1. The van der Waals surface area contributed by atoms with Crippen molar-refractivity contribution in [3.8, 4) is 5.69 Å². The minimum Gasteiger partial charge on any atom is -0.390 e. The van der Waals surface area contributed by atoms with E-state index in [1.54, 1.807) is 12.5 Å². The number of nitrogens with zero attached hydrogens (tertiary/aromatic N) is 5. The molecule has 5 rings (SSSR count). The normalized spacial score (nSPS) is 19.1. The van der Waals surface area contributed by atoms with Gasteiger partial charge in [-0.15, -0.1) is 0 Å². The smallest absolute Gasteiger partial charge is 0.255 e. The Morgan fingerprint density at radius 3 is 2.54 bits per heavy atom. The number of imidazole rings is 1. The Morgan fingerprint density at radius 2 is 1.82 bits per heavy atom. The minimum absolute atomic E-state index is 0.0192. The molecule has 144 valence electrons. The highest BCUT2D eigenvalue weighted by molar-refractivity contribution is 5.96. The van der Waals surface area contributed by atoms with Crippen molar-refractivity contribution < 1.29 is 9.90 Å². The molecule has 0 bridgehead atoms. The number of hydrogen-bond acceptors (Lipinski definition) is 5. The number of carbonyl (C=O) groups is 1. The Kier molecular flexibility index (Phi) is 4.33. The van der Waals surface area contributed by atoms with Crippen LogP contribution in [-0.2, 0) is 0 Å². The molecule has 2 fully saturated rings. The molecule has 1 amide bonds. The van der Waals surface area contributed by atoms with E-state index in [1.165, 1.54) is 0 Å². The quantitative estimate of drug-likeness (QED) is 0.752. The van der Waals surface area contributed by atoms with Crippen LogP contribution in [-0.4, -0.2) is 73.7 Å². The summed E-state index contributed by atoms with van der Waals surface area (Å²) in [6.45, 7) is 3.02. The molecule has 28 heavy (non-hydrogen) atoms. The van der Waals surface area contributed by atoms with Crippen LogP contribution in [0.15, 0.2) is 48.9 Å². The van der Waals surface area contributed by atoms with Crippen molar-refractivity contribution in [3.63, 3.8) is 0 Å². The number of para-hydroxylation sites is 1. The lowest BCUT2D eigenvalue weighted by Gasteiger charge is -2.45. The first-order valence-corrected chi connectivity index (χ1v) is 9.79. The summed E-state index contributed by atoms with van der Waals surface area (Å²) in [5.74, 6) is 0.0192. The molecule has 0 aliphatic carbocycles. The van der Waals surface area contributed by atoms with Gasteiger partial charge in [0.15, 0.2) is 5.65 Å². The number of hydrogen-bond donors (Lipinski definition) is 1. The molecule has 1 aromatic carbocycles. The molecule has 4 heterocycles. The van der Waals surface area contributed by atoms with Gasteiger partial charge in [0.1, 0.15) is 11.8 Å². The summed E-state index contributed by atoms with van der Waals surface area (Å²) in [7, 11) is 0.